The molecule has 0 N–H and O–H groups in total. The fourth-order valence-electron chi connectivity index (χ4n) is 2.07. The van der Waals surface area contributed by atoms with Gasteiger partial charge in [-0.25, -0.2) is 4.39 Å². The van der Waals surface area contributed by atoms with E-state index in [1.807, 2.05) is 0 Å². The molecule has 0 aliphatic rings. The predicted octanol–water partition coefficient (Wildman–Crippen LogP) is 6.17. The van der Waals surface area contributed by atoms with Crippen LogP contribution in [0, 0.1) is 17.5 Å². The third-order valence-electron chi connectivity index (χ3n) is 3.26. The van der Waals surface area contributed by atoms with Crippen molar-refractivity contribution >= 4 is 11.3 Å². The number of methoxy groups -OCH3 is 1. The molecular weight excluding hydrogens is 412 g/mol. The zero-order valence-corrected chi connectivity index (χ0v) is 14.6. The van der Waals surface area contributed by atoms with Gasteiger partial charge in [0.25, 0.3) is 11.8 Å². The third kappa shape index (κ3) is 4.14. The Morgan fingerprint density at radius 3 is 2.11 bits per heavy atom. The van der Waals surface area contributed by atoms with E-state index in [1.54, 1.807) is 0 Å². The van der Waals surface area contributed by atoms with Crippen LogP contribution < -0.4 is 14.2 Å². The molecule has 0 saturated heterocycles. The van der Waals surface area contributed by atoms with E-state index in [4.69, 9.17) is 9.47 Å². The van der Waals surface area contributed by atoms with Crippen molar-refractivity contribution in [2.75, 3.05) is 7.11 Å². The topological polar surface area (TPSA) is 40.6 Å². The molecule has 11 heteroatoms. The maximum absolute atomic E-state index is 14.4. The van der Waals surface area contributed by atoms with E-state index < -0.39 is 46.0 Å². The van der Waals surface area contributed by atoms with Gasteiger partial charge in [-0.15, -0.1) is 11.3 Å². The lowest BCUT2D eigenvalue weighted by molar-refractivity contribution is -0.134. The van der Waals surface area contributed by atoms with Gasteiger partial charge in [0.1, 0.15) is 22.2 Å². The molecule has 0 aliphatic heterocycles. The highest BCUT2D eigenvalue weighted by Crippen LogP contribution is 2.40. The number of hydrogen-bond donors (Lipinski definition) is 0. The highest BCUT2D eigenvalue weighted by molar-refractivity contribution is 7.10. The van der Waals surface area contributed by atoms with Crippen LogP contribution in [0.15, 0.2) is 35.7 Å². The molecule has 0 amide bonds. The van der Waals surface area contributed by atoms with Gasteiger partial charge in [0.05, 0.1) is 7.11 Å². The number of nitrogens with zero attached hydrogens (tertiary/aromatic N) is 1. The lowest BCUT2D eigenvalue weighted by Gasteiger charge is -2.12. The number of ether oxygens (including phenoxy) is 3. The SMILES string of the molecule is COc1c(F)c(Oc2cccc(F)c2)nc(Oc2csc(C(F)(F)F)c2)c1F. The molecule has 3 rings (SSSR count). The lowest BCUT2D eigenvalue weighted by atomic mass is 10.3. The van der Waals surface area contributed by atoms with Gasteiger partial charge in [-0.05, 0) is 12.1 Å². The summed E-state index contributed by atoms with van der Waals surface area (Å²) in [6.45, 7) is 0. The summed E-state index contributed by atoms with van der Waals surface area (Å²) in [6.07, 6.45) is -4.61. The normalized spacial score (nSPS) is 11.4. The van der Waals surface area contributed by atoms with Crippen LogP contribution in [0.1, 0.15) is 4.88 Å². The van der Waals surface area contributed by atoms with Crippen molar-refractivity contribution in [3.63, 3.8) is 0 Å². The quantitative estimate of drug-likeness (QED) is 0.462. The molecular formula is C17H9F6NO3S. The molecule has 0 fully saturated rings. The Kier molecular flexibility index (Phi) is 5.36. The van der Waals surface area contributed by atoms with Gasteiger partial charge in [0, 0.05) is 17.5 Å². The Balaban J connectivity index is 1.98. The second kappa shape index (κ2) is 7.58. The molecule has 4 nitrogen and oxygen atoms in total. The van der Waals surface area contributed by atoms with E-state index >= 15 is 0 Å². The molecule has 0 radical (unpaired) electrons. The van der Waals surface area contributed by atoms with Crippen molar-refractivity contribution < 1.29 is 40.6 Å². The second-order valence-corrected chi connectivity index (χ2v) is 6.10. The van der Waals surface area contributed by atoms with E-state index in [2.05, 4.69) is 9.72 Å². The molecule has 2 heterocycles. The van der Waals surface area contributed by atoms with E-state index in [-0.39, 0.29) is 11.5 Å². The molecule has 148 valence electrons. The summed E-state index contributed by atoms with van der Waals surface area (Å²) in [5.74, 6) is -6.54. The van der Waals surface area contributed by atoms with Crippen LogP contribution in [-0.2, 0) is 6.18 Å². The van der Waals surface area contributed by atoms with Gasteiger partial charge >= 0.3 is 6.18 Å². The number of benzene rings is 1. The van der Waals surface area contributed by atoms with Crippen molar-refractivity contribution in [3.05, 3.63) is 58.0 Å². The van der Waals surface area contributed by atoms with Crippen LogP contribution >= 0.6 is 11.3 Å². The summed E-state index contributed by atoms with van der Waals surface area (Å²) in [4.78, 5) is 2.52. The highest BCUT2D eigenvalue weighted by Gasteiger charge is 2.33. The van der Waals surface area contributed by atoms with Crippen molar-refractivity contribution in [2.45, 2.75) is 6.18 Å². The molecule has 0 spiro atoms. The number of aromatic nitrogens is 1. The van der Waals surface area contributed by atoms with Crippen LogP contribution in [-0.4, -0.2) is 12.1 Å². The van der Waals surface area contributed by atoms with Crippen LogP contribution in [0.4, 0.5) is 26.3 Å². The number of thiophene rings is 1. The zero-order valence-electron chi connectivity index (χ0n) is 13.8. The number of pyridine rings is 1. The zero-order chi connectivity index (χ0) is 20.5. The van der Waals surface area contributed by atoms with Crippen molar-refractivity contribution in [1.29, 1.82) is 0 Å². The Morgan fingerprint density at radius 2 is 1.57 bits per heavy atom. The fourth-order valence-corrected chi connectivity index (χ4v) is 2.75. The lowest BCUT2D eigenvalue weighted by Crippen LogP contribution is -2.03. The van der Waals surface area contributed by atoms with Crippen LogP contribution in [0.25, 0.3) is 0 Å². The first-order valence-corrected chi connectivity index (χ1v) is 8.27. The Morgan fingerprint density at radius 1 is 0.929 bits per heavy atom. The van der Waals surface area contributed by atoms with Crippen molar-refractivity contribution in [3.8, 4) is 29.0 Å². The Bertz CT molecular complexity index is 1010. The Labute approximate surface area is 157 Å². The number of rotatable bonds is 5. The largest absolute Gasteiger partial charge is 0.491 e. The van der Waals surface area contributed by atoms with E-state index in [9.17, 15) is 26.3 Å². The van der Waals surface area contributed by atoms with Crippen LogP contribution in [0.3, 0.4) is 0 Å². The maximum atomic E-state index is 14.4. The Hall–Kier alpha value is -2.95. The minimum atomic E-state index is -4.61. The molecule has 0 aliphatic carbocycles. The number of alkyl halides is 3. The molecule has 1 aromatic carbocycles. The summed E-state index contributed by atoms with van der Waals surface area (Å²) in [5, 5.41) is 0.979. The molecule has 0 atom stereocenters. The summed E-state index contributed by atoms with van der Waals surface area (Å²) in [6, 6.07) is 5.24. The van der Waals surface area contributed by atoms with Gasteiger partial charge in [-0.3, -0.25) is 0 Å². The first-order valence-electron chi connectivity index (χ1n) is 7.39. The summed E-state index contributed by atoms with van der Waals surface area (Å²) >= 11 is 0.325. The molecule has 28 heavy (non-hydrogen) atoms. The molecule has 0 unspecified atom stereocenters. The van der Waals surface area contributed by atoms with Crippen molar-refractivity contribution in [1.82, 2.24) is 4.98 Å². The first-order chi connectivity index (χ1) is 13.2. The molecule has 2 aromatic heterocycles. The van der Waals surface area contributed by atoms with Gasteiger partial charge in [-0.1, -0.05) is 6.07 Å². The van der Waals surface area contributed by atoms with Crippen LogP contribution in [0.2, 0.25) is 0 Å². The first kappa shape index (κ1) is 19.8. The second-order valence-electron chi connectivity index (χ2n) is 5.19. The van der Waals surface area contributed by atoms with Gasteiger partial charge in [-0.2, -0.15) is 26.9 Å². The average molecular weight is 421 g/mol. The minimum Gasteiger partial charge on any atom is -0.491 e. The van der Waals surface area contributed by atoms with Crippen molar-refractivity contribution in [2.24, 2.45) is 0 Å². The summed E-state index contributed by atoms with van der Waals surface area (Å²) < 4.78 is 94.7. The smallest absolute Gasteiger partial charge is 0.425 e. The van der Waals surface area contributed by atoms with Gasteiger partial charge in [0.15, 0.2) is 0 Å². The average Bonchev–Trinajstić information content (AvgIpc) is 3.09. The van der Waals surface area contributed by atoms with Gasteiger partial charge in [0.2, 0.25) is 17.4 Å². The van der Waals surface area contributed by atoms with Gasteiger partial charge < -0.3 is 14.2 Å². The minimum absolute atomic E-state index is 0.152. The monoisotopic (exact) mass is 421 g/mol. The molecule has 3 aromatic rings. The van der Waals surface area contributed by atoms with E-state index in [1.165, 1.54) is 12.1 Å². The summed E-state index contributed by atoms with van der Waals surface area (Å²) in [7, 11) is 0.962. The van der Waals surface area contributed by atoms with E-state index in [0.717, 1.165) is 24.6 Å². The summed E-state index contributed by atoms with van der Waals surface area (Å²) in [5.41, 5.74) is 0. The fraction of sp³-hybridized carbons (Fsp3) is 0.118. The molecule has 0 bridgehead atoms. The number of halogens is 6. The molecule has 0 saturated carbocycles. The van der Waals surface area contributed by atoms with Crippen LogP contribution in [0.5, 0.6) is 29.0 Å². The maximum Gasteiger partial charge on any atom is 0.425 e. The number of hydrogen-bond acceptors (Lipinski definition) is 5. The third-order valence-corrected chi connectivity index (χ3v) is 4.21. The standard InChI is InChI=1S/C17H9F6NO3S/c1-25-14-12(19)15(26-9-4-2-3-8(18)5-9)24-16(13(14)20)27-10-6-11(28-7-10)17(21,22)23/h2-7H,1H3. The van der Waals surface area contributed by atoms with E-state index in [0.29, 0.717) is 17.4 Å². The predicted molar refractivity (Wildman–Crippen MR) is 86.6 cm³/mol. The highest BCUT2D eigenvalue weighted by atomic mass is 32.1.